The third-order valence-electron chi connectivity index (χ3n) is 3.72. The van der Waals surface area contributed by atoms with Crippen molar-refractivity contribution in [1.82, 2.24) is 9.88 Å². The minimum Gasteiger partial charge on any atom is -0.371 e. The highest BCUT2D eigenvalue weighted by Crippen LogP contribution is 2.27. The molecular formula is C16H15Cl2FN2O. The number of rotatable bonds is 3. The lowest BCUT2D eigenvalue weighted by Gasteiger charge is -2.33. The molecule has 3 nitrogen and oxygen atoms in total. The van der Waals surface area contributed by atoms with Crippen LogP contribution in [0.1, 0.15) is 17.2 Å². The van der Waals surface area contributed by atoms with Crippen molar-refractivity contribution in [3.63, 3.8) is 0 Å². The number of pyridine rings is 1. The molecule has 2 aromatic rings. The predicted molar refractivity (Wildman–Crippen MR) is 84.6 cm³/mol. The highest BCUT2D eigenvalue weighted by atomic mass is 35.5. The summed E-state index contributed by atoms with van der Waals surface area (Å²) in [6.07, 6.45) is 3.26. The topological polar surface area (TPSA) is 25.4 Å². The quantitative estimate of drug-likeness (QED) is 0.840. The van der Waals surface area contributed by atoms with Gasteiger partial charge in [0.05, 0.1) is 22.8 Å². The first kappa shape index (κ1) is 15.7. The van der Waals surface area contributed by atoms with Crippen LogP contribution in [0.3, 0.4) is 0 Å². The number of morpholine rings is 1. The Morgan fingerprint density at radius 1 is 1.27 bits per heavy atom. The van der Waals surface area contributed by atoms with E-state index in [-0.39, 0.29) is 11.1 Å². The molecule has 0 N–H and O–H groups in total. The fourth-order valence-electron chi connectivity index (χ4n) is 2.53. The molecule has 1 fully saturated rings. The van der Waals surface area contributed by atoms with Crippen LogP contribution in [0.15, 0.2) is 36.7 Å². The van der Waals surface area contributed by atoms with Gasteiger partial charge in [-0.25, -0.2) is 4.39 Å². The minimum atomic E-state index is -0.415. The third kappa shape index (κ3) is 3.58. The molecule has 2 heterocycles. The normalized spacial score (nSPS) is 19.3. The average molecular weight is 341 g/mol. The molecule has 116 valence electrons. The van der Waals surface area contributed by atoms with Crippen LogP contribution >= 0.6 is 23.2 Å². The van der Waals surface area contributed by atoms with E-state index in [2.05, 4.69) is 9.88 Å². The summed E-state index contributed by atoms with van der Waals surface area (Å²) < 4.78 is 19.1. The van der Waals surface area contributed by atoms with Crippen molar-refractivity contribution < 1.29 is 9.13 Å². The largest absolute Gasteiger partial charge is 0.371 e. The van der Waals surface area contributed by atoms with Crippen molar-refractivity contribution >= 4 is 23.2 Å². The van der Waals surface area contributed by atoms with Gasteiger partial charge in [0.25, 0.3) is 0 Å². The van der Waals surface area contributed by atoms with Gasteiger partial charge in [-0.1, -0.05) is 29.3 Å². The van der Waals surface area contributed by atoms with E-state index in [4.69, 9.17) is 27.9 Å². The number of hydrogen-bond donors (Lipinski definition) is 0. The molecule has 0 saturated carbocycles. The molecule has 1 aliphatic heterocycles. The summed E-state index contributed by atoms with van der Waals surface area (Å²) in [5, 5.41) is 0.783. The molecule has 1 aliphatic rings. The summed E-state index contributed by atoms with van der Waals surface area (Å²) >= 11 is 12.0. The molecule has 1 saturated heterocycles. The van der Waals surface area contributed by atoms with E-state index in [0.717, 1.165) is 24.2 Å². The van der Waals surface area contributed by atoms with Crippen molar-refractivity contribution in [2.45, 2.75) is 12.6 Å². The van der Waals surface area contributed by atoms with Crippen molar-refractivity contribution in [1.29, 1.82) is 0 Å². The first-order chi connectivity index (χ1) is 10.6. The van der Waals surface area contributed by atoms with Gasteiger partial charge in [-0.15, -0.1) is 0 Å². The molecule has 1 aromatic carbocycles. The molecule has 0 radical (unpaired) electrons. The second-order valence-corrected chi connectivity index (χ2v) is 6.05. The standard InChI is InChI=1S/C16H15Cl2FN2O/c17-13-7-11(1-2-15(13)19)16-10-21(5-6-22-16)9-12-3-4-20-8-14(12)18/h1-4,7-8,16H,5-6,9-10H2/t16-/m1/s1. The number of aromatic nitrogens is 1. The van der Waals surface area contributed by atoms with Gasteiger partial charge >= 0.3 is 0 Å². The minimum absolute atomic E-state index is 0.118. The lowest BCUT2D eigenvalue weighted by atomic mass is 10.1. The molecule has 0 amide bonds. The van der Waals surface area contributed by atoms with Crippen LogP contribution in [-0.4, -0.2) is 29.6 Å². The highest BCUT2D eigenvalue weighted by molar-refractivity contribution is 6.31. The maximum atomic E-state index is 13.3. The van der Waals surface area contributed by atoms with Crippen molar-refractivity contribution in [3.05, 3.63) is 63.6 Å². The van der Waals surface area contributed by atoms with E-state index in [1.807, 2.05) is 6.07 Å². The van der Waals surface area contributed by atoms with Gasteiger partial charge in [-0.05, 0) is 29.3 Å². The molecule has 0 bridgehead atoms. The average Bonchev–Trinajstić information content (AvgIpc) is 2.53. The first-order valence-corrected chi connectivity index (χ1v) is 7.76. The van der Waals surface area contributed by atoms with Crippen LogP contribution in [0.4, 0.5) is 4.39 Å². The van der Waals surface area contributed by atoms with Crippen LogP contribution in [-0.2, 0) is 11.3 Å². The van der Waals surface area contributed by atoms with E-state index in [9.17, 15) is 4.39 Å². The van der Waals surface area contributed by atoms with Crippen molar-refractivity contribution in [2.24, 2.45) is 0 Å². The molecule has 22 heavy (non-hydrogen) atoms. The smallest absolute Gasteiger partial charge is 0.141 e. The van der Waals surface area contributed by atoms with Gasteiger partial charge < -0.3 is 4.74 Å². The zero-order chi connectivity index (χ0) is 15.5. The highest BCUT2D eigenvalue weighted by Gasteiger charge is 2.23. The van der Waals surface area contributed by atoms with E-state index in [0.29, 0.717) is 18.2 Å². The van der Waals surface area contributed by atoms with Crippen LogP contribution < -0.4 is 0 Å². The fraction of sp³-hybridized carbons (Fsp3) is 0.312. The van der Waals surface area contributed by atoms with Gasteiger partial charge in [0.2, 0.25) is 0 Å². The summed E-state index contributed by atoms with van der Waals surface area (Å²) in [4.78, 5) is 6.25. The Hall–Kier alpha value is -1.20. The summed E-state index contributed by atoms with van der Waals surface area (Å²) in [7, 11) is 0. The van der Waals surface area contributed by atoms with Crippen LogP contribution in [0.5, 0.6) is 0 Å². The maximum absolute atomic E-state index is 13.3. The van der Waals surface area contributed by atoms with E-state index < -0.39 is 5.82 Å². The summed E-state index contributed by atoms with van der Waals surface area (Å²) in [6, 6.07) is 6.64. The Morgan fingerprint density at radius 3 is 2.91 bits per heavy atom. The number of hydrogen-bond acceptors (Lipinski definition) is 3. The lowest BCUT2D eigenvalue weighted by molar-refractivity contribution is -0.0329. The van der Waals surface area contributed by atoms with Crippen molar-refractivity contribution in [3.8, 4) is 0 Å². The Labute approximate surface area is 138 Å². The van der Waals surface area contributed by atoms with Gasteiger partial charge in [-0.2, -0.15) is 0 Å². The maximum Gasteiger partial charge on any atom is 0.141 e. The monoisotopic (exact) mass is 340 g/mol. The van der Waals surface area contributed by atoms with E-state index >= 15 is 0 Å². The molecule has 6 heteroatoms. The SMILES string of the molecule is Fc1ccc([C@H]2CN(Cc3ccncc3Cl)CCO2)cc1Cl. The van der Waals surface area contributed by atoms with Crippen molar-refractivity contribution in [2.75, 3.05) is 19.7 Å². The Morgan fingerprint density at radius 2 is 2.14 bits per heavy atom. The van der Waals surface area contributed by atoms with Gasteiger partial charge in [0.1, 0.15) is 5.82 Å². The van der Waals surface area contributed by atoms with Crippen LogP contribution in [0.2, 0.25) is 10.0 Å². The molecule has 1 aromatic heterocycles. The third-order valence-corrected chi connectivity index (χ3v) is 4.35. The summed E-state index contributed by atoms with van der Waals surface area (Å²) in [5.74, 6) is -0.415. The zero-order valence-electron chi connectivity index (χ0n) is 11.8. The molecular weight excluding hydrogens is 326 g/mol. The van der Waals surface area contributed by atoms with Crippen LogP contribution in [0, 0.1) is 5.82 Å². The lowest BCUT2D eigenvalue weighted by Crippen LogP contribution is -2.37. The number of halogens is 3. The molecule has 0 unspecified atom stereocenters. The molecule has 3 rings (SSSR count). The van der Waals surface area contributed by atoms with Gasteiger partial charge in [0.15, 0.2) is 0 Å². The summed E-state index contributed by atoms with van der Waals surface area (Å²) in [6.45, 7) is 2.88. The fourth-order valence-corrected chi connectivity index (χ4v) is 2.90. The van der Waals surface area contributed by atoms with E-state index in [1.165, 1.54) is 6.07 Å². The Bertz CT molecular complexity index is 668. The van der Waals surface area contributed by atoms with Gasteiger partial charge in [0, 0.05) is 32.0 Å². The second kappa shape index (κ2) is 6.92. The summed E-state index contributed by atoms with van der Waals surface area (Å²) in [5.41, 5.74) is 1.92. The molecule has 1 atom stereocenters. The zero-order valence-corrected chi connectivity index (χ0v) is 13.3. The number of nitrogens with zero attached hydrogens (tertiary/aromatic N) is 2. The Balaban J connectivity index is 1.71. The number of benzene rings is 1. The molecule has 0 spiro atoms. The Kier molecular flexibility index (Phi) is 4.93. The van der Waals surface area contributed by atoms with Crippen LogP contribution in [0.25, 0.3) is 0 Å². The number of ether oxygens (including phenoxy) is 1. The molecule has 0 aliphatic carbocycles. The first-order valence-electron chi connectivity index (χ1n) is 7.01. The second-order valence-electron chi connectivity index (χ2n) is 5.24. The van der Waals surface area contributed by atoms with E-state index in [1.54, 1.807) is 24.5 Å². The van der Waals surface area contributed by atoms with Gasteiger partial charge in [-0.3, -0.25) is 9.88 Å². The predicted octanol–water partition coefficient (Wildman–Crippen LogP) is 4.10.